The van der Waals surface area contributed by atoms with Crippen molar-refractivity contribution in [1.29, 1.82) is 0 Å². The Kier molecular flexibility index (Phi) is 3.93. The van der Waals surface area contributed by atoms with E-state index in [0.717, 1.165) is 22.6 Å². The summed E-state index contributed by atoms with van der Waals surface area (Å²) >= 11 is 0. The molecule has 1 aliphatic rings. The van der Waals surface area contributed by atoms with Gasteiger partial charge in [-0.25, -0.2) is 14.3 Å². The van der Waals surface area contributed by atoms with Crippen LogP contribution < -0.4 is 4.90 Å². The summed E-state index contributed by atoms with van der Waals surface area (Å²) in [5.74, 6) is 0.877. The Hall–Kier alpha value is -3.16. The van der Waals surface area contributed by atoms with Gasteiger partial charge in [-0.3, -0.25) is 4.98 Å². The van der Waals surface area contributed by atoms with Crippen molar-refractivity contribution >= 4 is 17.6 Å². The van der Waals surface area contributed by atoms with E-state index in [1.807, 2.05) is 24.4 Å². The lowest BCUT2D eigenvalue weighted by atomic mass is 10.1. The number of anilines is 1. The van der Waals surface area contributed by atoms with Crippen molar-refractivity contribution in [2.75, 3.05) is 38.2 Å². The van der Waals surface area contributed by atoms with E-state index in [9.17, 15) is 4.79 Å². The molecule has 3 aromatic rings. The van der Waals surface area contributed by atoms with Gasteiger partial charge < -0.3 is 14.5 Å². The van der Waals surface area contributed by atoms with E-state index >= 15 is 0 Å². The van der Waals surface area contributed by atoms with E-state index in [1.165, 1.54) is 7.11 Å². The van der Waals surface area contributed by atoms with E-state index < -0.39 is 0 Å². The summed E-state index contributed by atoms with van der Waals surface area (Å²) < 4.78 is 6.54. The third kappa shape index (κ3) is 2.86. The highest BCUT2D eigenvalue weighted by molar-refractivity contribution is 5.77. The lowest BCUT2D eigenvalue weighted by Gasteiger charge is -2.34. The predicted molar refractivity (Wildman–Crippen MR) is 92.4 cm³/mol. The molecule has 0 unspecified atom stereocenters. The highest BCUT2D eigenvalue weighted by Gasteiger charge is 2.22. The van der Waals surface area contributed by atoms with Crippen LogP contribution in [-0.2, 0) is 4.74 Å². The standard InChI is InChI=1S/C17H18N6O2/c1-25-17(24)22-9-7-21(8-10-22)15-4-6-23-16(20-15)14(12-19-23)13-3-2-5-18-11-13/h2-6,11-12H,7-10H2,1H3. The molecule has 1 amide bonds. The number of ether oxygens (including phenoxy) is 1. The first-order valence-corrected chi connectivity index (χ1v) is 8.09. The Morgan fingerprint density at radius 3 is 2.72 bits per heavy atom. The van der Waals surface area contributed by atoms with Crippen LogP contribution in [0.4, 0.5) is 10.6 Å². The summed E-state index contributed by atoms with van der Waals surface area (Å²) in [6.45, 7) is 2.67. The fourth-order valence-electron chi connectivity index (χ4n) is 3.01. The topological polar surface area (TPSA) is 75.9 Å². The molecular weight excluding hydrogens is 320 g/mol. The van der Waals surface area contributed by atoms with Crippen molar-refractivity contribution in [3.05, 3.63) is 43.0 Å². The summed E-state index contributed by atoms with van der Waals surface area (Å²) in [5.41, 5.74) is 2.72. The third-order valence-electron chi connectivity index (χ3n) is 4.36. The number of aromatic nitrogens is 4. The largest absolute Gasteiger partial charge is 0.453 e. The van der Waals surface area contributed by atoms with E-state index in [-0.39, 0.29) is 6.09 Å². The molecule has 1 aliphatic heterocycles. The van der Waals surface area contributed by atoms with Crippen molar-refractivity contribution in [3.63, 3.8) is 0 Å². The van der Waals surface area contributed by atoms with Crippen molar-refractivity contribution in [3.8, 4) is 11.1 Å². The quantitative estimate of drug-likeness (QED) is 0.708. The van der Waals surface area contributed by atoms with Crippen LogP contribution in [0.1, 0.15) is 0 Å². The highest BCUT2D eigenvalue weighted by atomic mass is 16.5. The van der Waals surface area contributed by atoms with Gasteiger partial charge in [0.05, 0.1) is 13.3 Å². The average molecular weight is 338 g/mol. The number of nitrogens with zero attached hydrogens (tertiary/aromatic N) is 6. The minimum Gasteiger partial charge on any atom is -0.453 e. The van der Waals surface area contributed by atoms with Crippen molar-refractivity contribution < 1.29 is 9.53 Å². The molecule has 25 heavy (non-hydrogen) atoms. The van der Waals surface area contributed by atoms with E-state index in [2.05, 4.69) is 15.0 Å². The van der Waals surface area contributed by atoms with Crippen LogP contribution in [0.2, 0.25) is 0 Å². The van der Waals surface area contributed by atoms with Gasteiger partial charge in [0.2, 0.25) is 0 Å². The average Bonchev–Trinajstić information content (AvgIpc) is 3.11. The lowest BCUT2D eigenvalue weighted by Crippen LogP contribution is -2.49. The molecule has 0 bridgehead atoms. The first-order chi connectivity index (χ1) is 12.3. The molecule has 0 atom stereocenters. The Labute approximate surface area is 144 Å². The van der Waals surface area contributed by atoms with Gasteiger partial charge in [-0.15, -0.1) is 0 Å². The summed E-state index contributed by atoms with van der Waals surface area (Å²) in [5, 5.41) is 4.37. The van der Waals surface area contributed by atoms with Gasteiger partial charge in [-0.1, -0.05) is 6.07 Å². The molecule has 0 saturated carbocycles. The van der Waals surface area contributed by atoms with Gasteiger partial charge in [-0.2, -0.15) is 5.10 Å². The Bertz CT molecular complexity index is 887. The molecule has 4 rings (SSSR count). The number of fused-ring (bicyclic) bond motifs is 1. The van der Waals surface area contributed by atoms with Gasteiger partial charge >= 0.3 is 6.09 Å². The number of hydrogen-bond donors (Lipinski definition) is 0. The van der Waals surface area contributed by atoms with Gasteiger partial charge in [0.15, 0.2) is 5.65 Å². The number of amides is 1. The molecule has 0 aromatic carbocycles. The third-order valence-corrected chi connectivity index (χ3v) is 4.36. The number of piperazine rings is 1. The second kappa shape index (κ2) is 6.39. The fraction of sp³-hybridized carbons (Fsp3) is 0.294. The molecule has 0 aliphatic carbocycles. The number of carbonyl (C=O) groups excluding carboxylic acids is 1. The van der Waals surface area contributed by atoms with Gasteiger partial charge in [-0.05, 0) is 12.1 Å². The summed E-state index contributed by atoms with van der Waals surface area (Å²) in [7, 11) is 1.41. The Balaban J connectivity index is 1.61. The molecule has 0 radical (unpaired) electrons. The number of hydrogen-bond acceptors (Lipinski definition) is 6. The van der Waals surface area contributed by atoms with Crippen molar-refractivity contribution in [2.45, 2.75) is 0 Å². The fourth-order valence-corrected chi connectivity index (χ4v) is 3.01. The smallest absolute Gasteiger partial charge is 0.409 e. The highest BCUT2D eigenvalue weighted by Crippen LogP contribution is 2.24. The number of rotatable bonds is 2. The van der Waals surface area contributed by atoms with Gasteiger partial charge in [0.25, 0.3) is 0 Å². The molecule has 128 valence electrons. The van der Waals surface area contributed by atoms with Gasteiger partial charge in [0, 0.05) is 55.9 Å². The lowest BCUT2D eigenvalue weighted by molar-refractivity contribution is 0.121. The van der Waals surface area contributed by atoms with E-state index in [4.69, 9.17) is 9.72 Å². The molecule has 0 spiro atoms. The molecule has 1 saturated heterocycles. The summed E-state index contributed by atoms with van der Waals surface area (Å²) in [6, 6.07) is 5.84. The normalized spacial score (nSPS) is 14.8. The predicted octanol–water partition coefficient (Wildman–Crippen LogP) is 1.68. The maximum atomic E-state index is 11.6. The van der Waals surface area contributed by atoms with Crippen LogP contribution >= 0.6 is 0 Å². The second-order valence-electron chi connectivity index (χ2n) is 5.80. The SMILES string of the molecule is COC(=O)N1CCN(c2ccn3ncc(-c4cccnc4)c3n2)CC1. The molecule has 4 heterocycles. The maximum absolute atomic E-state index is 11.6. The zero-order valence-corrected chi connectivity index (χ0v) is 13.9. The van der Waals surface area contributed by atoms with Crippen LogP contribution in [0.15, 0.2) is 43.0 Å². The minimum absolute atomic E-state index is 0.280. The molecule has 1 fully saturated rings. The maximum Gasteiger partial charge on any atom is 0.409 e. The molecule has 8 nitrogen and oxygen atoms in total. The van der Waals surface area contributed by atoms with Crippen molar-refractivity contribution in [2.24, 2.45) is 0 Å². The van der Waals surface area contributed by atoms with Crippen LogP contribution in [0.25, 0.3) is 16.8 Å². The van der Waals surface area contributed by atoms with Crippen LogP contribution in [0.3, 0.4) is 0 Å². The molecular formula is C17H18N6O2. The van der Waals surface area contributed by atoms with E-state index in [1.54, 1.807) is 28.0 Å². The first-order valence-electron chi connectivity index (χ1n) is 8.09. The zero-order valence-electron chi connectivity index (χ0n) is 13.9. The first kappa shape index (κ1) is 15.4. The summed E-state index contributed by atoms with van der Waals surface area (Å²) in [6.07, 6.45) is 6.98. The monoisotopic (exact) mass is 338 g/mol. The van der Waals surface area contributed by atoms with Gasteiger partial charge in [0.1, 0.15) is 5.82 Å². The number of methoxy groups -OCH3 is 1. The Morgan fingerprint density at radius 1 is 1.16 bits per heavy atom. The number of carbonyl (C=O) groups is 1. The van der Waals surface area contributed by atoms with Crippen LogP contribution in [-0.4, -0.2) is 63.9 Å². The zero-order chi connectivity index (χ0) is 17.2. The number of pyridine rings is 1. The minimum atomic E-state index is -0.280. The molecule has 3 aromatic heterocycles. The second-order valence-corrected chi connectivity index (χ2v) is 5.80. The summed E-state index contributed by atoms with van der Waals surface area (Å²) in [4.78, 5) is 24.4. The molecule has 8 heteroatoms. The van der Waals surface area contributed by atoms with Crippen LogP contribution in [0, 0.1) is 0 Å². The molecule has 0 N–H and O–H groups in total. The Morgan fingerprint density at radius 2 is 2.00 bits per heavy atom. The van der Waals surface area contributed by atoms with Crippen molar-refractivity contribution in [1.82, 2.24) is 24.5 Å². The van der Waals surface area contributed by atoms with Crippen LogP contribution in [0.5, 0.6) is 0 Å². The van der Waals surface area contributed by atoms with E-state index in [0.29, 0.717) is 26.2 Å².